The second-order valence-corrected chi connectivity index (χ2v) is 7.71. The van der Waals surface area contributed by atoms with Gasteiger partial charge in [0.1, 0.15) is 0 Å². The Bertz CT molecular complexity index is 912. The van der Waals surface area contributed by atoms with E-state index in [9.17, 15) is 4.79 Å². The zero-order valence-corrected chi connectivity index (χ0v) is 14.5. The van der Waals surface area contributed by atoms with Crippen molar-refractivity contribution in [2.45, 2.75) is 25.8 Å². The molecule has 0 aromatic carbocycles. The zero-order valence-electron chi connectivity index (χ0n) is 12.9. The highest BCUT2D eigenvalue weighted by atomic mass is 35.5. The molecule has 118 valence electrons. The number of thiophene rings is 1. The molecular weight excluding hydrogens is 330 g/mol. The van der Waals surface area contributed by atoms with E-state index in [1.165, 1.54) is 10.4 Å². The fourth-order valence-electron chi connectivity index (χ4n) is 3.28. The first kappa shape index (κ1) is 14.7. The van der Waals surface area contributed by atoms with Gasteiger partial charge in [0.15, 0.2) is 5.69 Å². The van der Waals surface area contributed by atoms with Gasteiger partial charge in [-0.05, 0) is 55.5 Å². The van der Waals surface area contributed by atoms with E-state index in [1.54, 1.807) is 28.1 Å². The van der Waals surface area contributed by atoms with Crippen LogP contribution >= 0.6 is 22.9 Å². The summed E-state index contributed by atoms with van der Waals surface area (Å²) in [5.74, 6) is -0.0355. The molecule has 0 saturated carbocycles. The van der Waals surface area contributed by atoms with Crippen LogP contribution in [0.2, 0.25) is 5.02 Å². The standard InChI is InChI=1S/C17H16ClN3OS/c1-17(2)13-6-8-23-15(13)5-7-20(17)16(22)14-9-12-4-3-11(18)10-21(12)19-14/h3-4,6,8-10H,5,7H2,1-2H3. The van der Waals surface area contributed by atoms with Gasteiger partial charge in [0.2, 0.25) is 0 Å². The van der Waals surface area contributed by atoms with Crippen molar-refractivity contribution in [2.75, 3.05) is 6.54 Å². The Morgan fingerprint density at radius 1 is 1.35 bits per heavy atom. The highest BCUT2D eigenvalue weighted by Crippen LogP contribution is 2.38. The molecule has 0 unspecified atom stereocenters. The van der Waals surface area contributed by atoms with Crippen LogP contribution in [0.5, 0.6) is 0 Å². The summed E-state index contributed by atoms with van der Waals surface area (Å²) in [6.45, 7) is 4.92. The normalized spacial score (nSPS) is 16.6. The molecule has 0 spiro atoms. The molecule has 23 heavy (non-hydrogen) atoms. The lowest BCUT2D eigenvalue weighted by Crippen LogP contribution is -2.49. The molecule has 3 aromatic rings. The van der Waals surface area contributed by atoms with E-state index in [4.69, 9.17) is 11.6 Å². The van der Waals surface area contributed by atoms with Crippen molar-refractivity contribution < 1.29 is 4.79 Å². The van der Waals surface area contributed by atoms with Crippen molar-refractivity contribution in [1.82, 2.24) is 14.5 Å². The molecule has 1 aliphatic heterocycles. The largest absolute Gasteiger partial charge is 0.328 e. The first-order valence-electron chi connectivity index (χ1n) is 7.50. The Morgan fingerprint density at radius 2 is 2.17 bits per heavy atom. The maximum Gasteiger partial charge on any atom is 0.275 e. The summed E-state index contributed by atoms with van der Waals surface area (Å²) in [6.07, 6.45) is 2.62. The summed E-state index contributed by atoms with van der Waals surface area (Å²) in [4.78, 5) is 16.3. The SMILES string of the molecule is CC1(C)c2ccsc2CCN1C(=O)c1cc2ccc(Cl)cn2n1. The smallest absolute Gasteiger partial charge is 0.275 e. The number of aromatic nitrogens is 2. The molecule has 4 heterocycles. The van der Waals surface area contributed by atoms with Gasteiger partial charge < -0.3 is 4.90 Å². The molecule has 1 amide bonds. The van der Waals surface area contributed by atoms with Gasteiger partial charge in [-0.3, -0.25) is 4.79 Å². The Morgan fingerprint density at radius 3 is 3.00 bits per heavy atom. The van der Waals surface area contributed by atoms with Crippen LogP contribution in [0.1, 0.15) is 34.8 Å². The lowest BCUT2D eigenvalue weighted by atomic mass is 9.88. The van der Waals surface area contributed by atoms with Crippen LogP contribution in [-0.2, 0) is 12.0 Å². The molecule has 0 atom stereocenters. The molecule has 4 rings (SSSR count). The first-order valence-corrected chi connectivity index (χ1v) is 8.76. The van der Waals surface area contributed by atoms with Crippen molar-refractivity contribution in [3.8, 4) is 0 Å². The molecule has 3 aromatic heterocycles. The summed E-state index contributed by atoms with van der Waals surface area (Å²) in [5.41, 5.74) is 2.25. The number of carbonyl (C=O) groups excluding carboxylic acids is 1. The van der Waals surface area contributed by atoms with E-state index < -0.39 is 0 Å². The second-order valence-electron chi connectivity index (χ2n) is 6.27. The highest BCUT2D eigenvalue weighted by Gasteiger charge is 2.39. The van der Waals surface area contributed by atoms with Crippen LogP contribution in [0.15, 0.2) is 35.8 Å². The first-order chi connectivity index (χ1) is 11.0. The Balaban J connectivity index is 1.73. The minimum atomic E-state index is -0.321. The maximum atomic E-state index is 13.0. The minimum Gasteiger partial charge on any atom is -0.328 e. The predicted octanol–water partition coefficient (Wildman–Crippen LogP) is 3.98. The number of amides is 1. The summed E-state index contributed by atoms with van der Waals surface area (Å²) in [6, 6.07) is 7.61. The van der Waals surface area contributed by atoms with E-state index in [2.05, 4.69) is 30.4 Å². The van der Waals surface area contributed by atoms with Crippen molar-refractivity contribution in [3.05, 3.63) is 57.0 Å². The quantitative estimate of drug-likeness (QED) is 0.669. The lowest BCUT2D eigenvalue weighted by molar-refractivity contribution is 0.0510. The Hall–Kier alpha value is -1.85. The monoisotopic (exact) mass is 345 g/mol. The molecule has 0 bridgehead atoms. The molecule has 0 fully saturated rings. The van der Waals surface area contributed by atoms with Gasteiger partial charge >= 0.3 is 0 Å². The van der Waals surface area contributed by atoms with Crippen LogP contribution in [0.25, 0.3) is 5.52 Å². The molecule has 0 N–H and O–H groups in total. The molecule has 0 aliphatic carbocycles. The number of rotatable bonds is 1. The molecule has 1 aliphatic rings. The van der Waals surface area contributed by atoms with E-state index in [0.29, 0.717) is 17.3 Å². The zero-order chi connectivity index (χ0) is 16.2. The summed E-state index contributed by atoms with van der Waals surface area (Å²) < 4.78 is 1.66. The summed E-state index contributed by atoms with van der Waals surface area (Å²) >= 11 is 7.76. The van der Waals surface area contributed by atoms with Gasteiger partial charge in [-0.25, -0.2) is 4.52 Å². The second kappa shape index (κ2) is 5.08. The van der Waals surface area contributed by atoms with Gasteiger partial charge in [-0.15, -0.1) is 11.3 Å². The fraction of sp³-hybridized carbons (Fsp3) is 0.294. The van der Waals surface area contributed by atoms with Crippen molar-refractivity contribution in [3.63, 3.8) is 0 Å². The van der Waals surface area contributed by atoms with Crippen LogP contribution < -0.4 is 0 Å². The van der Waals surface area contributed by atoms with E-state index in [1.807, 2.05) is 17.0 Å². The number of hydrogen-bond acceptors (Lipinski definition) is 3. The third-order valence-electron chi connectivity index (χ3n) is 4.53. The summed E-state index contributed by atoms with van der Waals surface area (Å²) in [7, 11) is 0. The van der Waals surface area contributed by atoms with Gasteiger partial charge in [-0.1, -0.05) is 11.6 Å². The lowest BCUT2D eigenvalue weighted by Gasteiger charge is -2.42. The molecule has 4 nitrogen and oxygen atoms in total. The molecule has 6 heteroatoms. The topological polar surface area (TPSA) is 37.6 Å². The summed E-state index contributed by atoms with van der Waals surface area (Å²) in [5, 5.41) is 7.10. The number of fused-ring (bicyclic) bond motifs is 2. The van der Waals surface area contributed by atoms with Crippen LogP contribution in [0, 0.1) is 0 Å². The van der Waals surface area contributed by atoms with Crippen molar-refractivity contribution in [1.29, 1.82) is 0 Å². The molecular formula is C17H16ClN3OS. The molecule has 0 radical (unpaired) electrons. The van der Waals surface area contributed by atoms with E-state index in [-0.39, 0.29) is 11.4 Å². The number of hydrogen-bond donors (Lipinski definition) is 0. The van der Waals surface area contributed by atoms with Crippen molar-refractivity contribution in [2.24, 2.45) is 0 Å². The van der Waals surface area contributed by atoms with Crippen LogP contribution in [0.4, 0.5) is 0 Å². The third kappa shape index (κ3) is 2.26. The van der Waals surface area contributed by atoms with Gasteiger partial charge in [-0.2, -0.15) is 5.10 Å². The van der Waals surface area contributed by atoms with Gasteiger partial charge in [0.25, 0.3) is 5.91 Å². The number of halogens is 1. The number of nitrogens with zero attached hydrogens (tertiary/aromatic N) is 3. The average Bonchev–Trinajstić information content (AvgIpc) is 3.12. The van der Waals surface area contributed by atoms with Crippen molar-refractivity contribution >= 4 is 34.4 Å². The fourth-order valence-corrected chi connectivity index (χ4v) is 4.46. The average molecular weight is 346 g/mol. The molecule has 0 saturated heterocycles. The maximum absolute atomic E-state index is 13.0. The van der Waals surface area contributed by atoms with Gasteiger partial charge in [0.05, 0.1) is 16.1 Å². The van der Waals surface area contributed by atoms with Crippen LogP contribution in [0.3, 0.4) is 0 Å². The van der Waals surface area contributed by atoms with E-state index >= 15 is 0 Å². The number of pyridine rings is 1. The third-order valence-corrected chi connectivity index (χ3v) is 5.73. The van der Waals surface area contributed by atoms with E-state index in [0.717, 1.165) is 11.9 Å². The number of carbonyl (C=O) groups is 1. The predicted molar refractivity (Wildman–Crippen MR) is 92.3 cm³/mol. The minimum absolute atomic E-state index is 0.0355. The Kier molecular flexibility index (Phi) is 3.25. The highest BCUT2D eigenvalue weighted by molar-refractivity contribution is 7.10. The van der Waals surface area contributed by atoms with Gasteiger partial charge in [0, 0.05) is 17.6 Å². The van der Waals surface area contributed by atoms with Crippen LogP contribution in [-0.4, -0.2) is 27.0 Å². The Labute approximate surface area is 143 Å².